The monoisotopic (exact) mass is 379 g/mol. The van der Waals surface area contributed by atoms with E-state index < -0.39 is 4.92 Å². The van der Waals surface area contributed by atoms with Gasteiger partial charge in [0.2, 0.25) is 0 Å². The molecule has 9 heteroatoms. The lowest BCUT2D eigenvalue weighted by atomic mass is 10.2. The van der Waals surface area contributed by atoms with Crippen molar-refractivity contribution in [2.45, 2.75) is 0 Å². The van der Waals surface area contributed by atoms with Crippen LogP contribution in [0.1, 0.15) is 10.4 Å². The molecule has 2 N–H and O–H groups in total. The molecule has 0 saturated carbocycles. The standard InChI is InChI=1S/C17H18ClN3O5/c1-25-15-10-11(9-14(18)16(15)26-2)17(22)20-8-7-19-12-3-5-13(6-4-12)21(23)24/h3-6,9-10,19H,7-8H2,1-2H3,(H,20,22). The zero-order chi connectivity index (χ0) is 19.1. The van der Waals surface area contributed by atoms with E-state index in [9.17, 15) is 14.9 Å². The second-order valence-electron chi connectivity index (χ2n) is 5.18. The highest BCUT2D eigenvalue weighted by molar-refractivity contribution is 6.32. The van der Waals surface area contributed by atoms with Gasteiger partial charge in [0.15, 0.2) is 11.5 Å². The maximum absolute atomic E-state index is 12.2. The van der Waals surface area contributed by atoms with Gasteiger partial charge in [-0.15, -0.1) is 0 Å². The van der Waals surface area contributed by atoms with Crippen LogP contribution in [0.5, 0.6) is 11.5 Å². The summed E-state index contributed by atoms with van der Waals surface area (Å²) < 4.78 is 10.3. The van der Waals surface area contributed by atoms with Crippen LogP contribution >= 0.6 is 11.6 Å². The molecule has 2 aromatic carbocycles. The predicted octanol–water partition coefficient (Wildman–Crippen LogP) is 3.11. The molecule has 1 amide bonds. The van der Waals surface area contributed by atoms with Crippen LogP contribution in [-0.4, -0.2) is 38.1 Å². The van der Waals surface area contributed by atoms with Crippen LogP contribution < -0.4 is 20.1 Å². The Morgan fingerprint density at radius 3 is 2.42 bits per heavy atom. The van der Waals surface area contributed by atoms with Crippen molar-refractivity contribution in [3.63, 3.8) is 0 Å². The van der Waals surface area contributed by atoms with Crippen molar-refractivity contribution in [3.8, 4) is 11.5 Å². The molecule has 0 spiro atoms. The molecular weight excluding hydrogens is 362 g/mol. The van der Waals surface area contributed by atoms with Gasteiger partial charge in [0.05, 0.1) is 24.2 Å². The summed E-state index contributed by atoms with van der Waals surface area (Å²) in [4.78, 5) is 22.4. The van der Waals surface area contributed by atoms with Gasteiger partial charge < -0.3 is 20.1 Å². The Morgan fingerprint density at radius 2 is 1.85 bits per heavy atom. The molecule has 0 saturated heterocycles. The summed E-state index contributed by atoms with van der Waals surface area (Å²) in [6.45, 7) is 0.798. The van der Waals surface area contributed by atoms with Gasteiger partial charge in [-0.05, 0) is 24.3 Å². The van der Waals surface area contributed by atoms with E-state index in [1.807, 2.05) is 0 Å². The van der Waals surface area contributed by atoms with Crippen molar-refractivity contribution in [2.24, 2.45) is 0 Å². The van der Waals surface area contributed by atoms with Crippen LogP contribution in [0.3, 0.4) is 0 Å². The quantitative estimate of drug-likeness (QED) is 0.415. The van der Waals surface area contributed by atoms with E-state index in [0.29, 0.717) is 30.2 Å². The Kier molecular flexibility index (Phi) is 6.62. The molecule has 0 unspecified atom stereocenters. The van der Waals surface area contributed by atoms with Gasteiger partial charge in [-0.25, -0.2) is 0 Å². The second kappa shape index (κ2) is 8.91. The number of hydrogen-bond donors (Lipinski definition) is 2. The number of nitro benzene ring substituents is 1. The molecule has 0 bridgehead atoms. The average molecular weight is 380 g/mol. The number of non-ortho nitro benzene ring substituents is 1. The molecule has 0 radical (unpaired) electrons. The Hall–Kier alpha value is -3.00. The normalized spacial score (nSPS) is 10.1. The summed E-state index contributed by atoms with van der Waals surface area (Å²) in [6.07, 6.45) is 0. The van der Waals surface area contributed by atoms with Gasteiger partial charge in [-0.2, -0.15) is 0 Å². The summed E-state index contributed by atoms with van der Waals surface area (Å²) in [5, 5.41) is 16.7. The molecule has 0 aromatic heterocycles. The summed E-state index contributed by atoms with van der Waals surface area (Å²) in [5.41, 5.74) is 1.09. The maximum Gasteiger partial charge on any atom is 0.269 e. The second-order valence-corrected chi connectivity index (χ2v) is 5.59. The van der Waals surface area contributed by atoms with Crippen molar-refractivity contribution >= 4 is 28.9 Å². The highest BCUT2D eigenvalue weighted by atomic mass is 35.5. The summed E-state index contributed by atoms with van der Waals surface area (Å²) in [5.74, 6) is 0.429. The average Bonchev–Trinajstić information content (AvgIpc) is 2.64. The van der Waals surface area contributed by atoms with Crippen LogP contribution in [-0.2, 0) is 0 Å². The molecule has 138 valence electrons. The zero-order valence-corrected chi connectivity index (χ0v) is 15.0. The van der Waals surface area contributed by atoms with E-state index in [4.69, 9.17) is 21.1 Å². The summed E-state index contributed by atoms with van der Waals surface area (Å²) in [6, 6.07) is 9.08. The third kappa shape index (κ3) is 4.76. The first-order chi connectivity index (χ1) is 12.5. The largest absolute Gasteiger partial charge is 0.493 e. The lowest BCUT2D eigenvalue weighted by Gasteiger charge is -2.12. The summed E-state index contributed by atoms with van der Waals surface area (Å²) >= 11 is 6.09. The number of hydrogen-bond acceptors (Lipinski definition) is 6. The Labute approximate surface area is 155 Å². The first-order valence-corrected chi connectivity index (χ1v) is 8.02. The van der Waals surface area contributed by atoms with E-state index in [1.165, 1.54) is 32.4 Å². The number of anilines is 1. The van der Waals surface area contributed by atoms with Crippen molar-refractivity contribution in [1.82, 2.24) is 5.32 Å². The first-order valence-electron chi connectivity index (χ1n) is 7.64. The Bertz CT molecular complexity index is 796. The SMILES string of the molecule is COc1cc(C(=O)NCCNc2ccc([N+](=O)[O-])cc2)cc(Cl)c1OC. The van der Waals surface area contributed by atoms with Gasteiger partial charge in [0.25, 0.3) is 11.6 Å². The molecule has 26 heavy (non-hydrogen) atoms. The number of nitrogens with one attached hydrogen (secondary N) is 2. The van der Waals surface area contributed by atoms with Crippen LogP contribution in [0.4, 0.5) is 11.4 Å². The lowest BCUT2D eigenvalue weighted by molar-refractivity contribution is -0.384. The molecule has 0 aliphatic heterocycles. The molecular formula is C17H18ClN3O5. The topological polar surface area (TPSA) is 103 Å². The Morgan fingerprint density at radius 1 is 1.15 bits per heavy atom. The van der Waals surface area contributed by atoms with Crippen LogP contribution in [0, 0.1) is 10.1 Å². The summed E-state index contributed by atoms with van der Waals surface area (Å²) in [7, 11) is 2.93. The third-order valence-corrected chi connectivity index (χ3v) is 3.79. The fraction of sp³-hybridized carbons (Fsp3) is 0.235. The molecule has 0 atom stereocenters. The van der Waals surface area contributed by atoms with Crippen molar-refractivity contribution in [3.05, 3.63) is 57.1 Å². The molecule has 0 aliphatic rings. The molecule has 8 nitrogen and oxygen atoms in total. The zero-order valence-electron chi connectivity index (χ0n) is 14.2. The molecule has 2 aromatic rings. The molecule has 2 rings (SSSR count). The van der Waals surface area contributed by atoms with Crippen molar-refractivity contribution < 1.29 is 19.2 Å². The van der Waals surface area contributed by atoms with Crippen molar-refractivity contribution in [1.29, 1.82) is 0 Å². The minimum Gasteiger partial charge on any atom is -0.493 e. The van der Waals surface area contributed by atoms with Gasteiger partial charge in [-0.3, -0.25) is 14.9 Å². The van der Waals surface area contributed by atoms with Gasteiger partial charge in [0, 0.05) is 36.5 Å². The van der Waals surface area contributed by atoms with Gasteiger partial charge in [0.1, 0.15) is 0 Å². The van der Waals surface area contributed by atoms with E-state index in [-0.39, 0.29) is 16.6 Å². The van der Waals surface area contributed by atoms with Gasteiger partial charge >= 0.3 is 0 Å². The highest BCUT2D eigenvalue weighted by Crippen LogP contribution is 2.35. The number of amides is 1. The van der Waals surface area contributed by atoms with E-state index in [2.05, 4.69) is 10.6 Å². The van der Waals surface area contributed by atoms with E-state index in [1.54, 1.807) is 18.2 Å². The van der Waals surface area contributed by atoms with Crippen LogP contribution in [0.2, 0.25) is 5.02 Å². The van der Waals surface area contributed by atoms with Crippen LogP contribution in [0.25, 0.3) is 0 Å². The number of nitrogens with zero attached hydrogens (tertiary/aromatic N) is 1. The lowest BCUT2D eigenvalue weighted by Crippen LogP contribution is -2.28. The highest BCUT2D eigenvalue weighted by Gasteiger charge is 2.14. The predicted molar refractivity (Wildman–Crippen MR) is 98.5 cm³/mol. The van der Waals surface area contributed by atoms with Gasteiger partial charge in [-0.1, -0.05) is 11.6 Å². The van der Waals surface area contributed by atoms with E-state index in [0.717, 1.165) is 5.69 Å². The first kappa shape index (κ1) is 19.3. The maximum atomic E-state index is 12.2. The minimum absolute atomic E-state index is 0.0224. The number of methoxy groups -OCH3 is 2. The molecule has 0 heterocycles. The van der Waals surface area contributed by atoms with Crippen molar-refractivity contribution in [2.75, 3.05) is 32.6 Å². The fourth-order valence-electron chi connectivity index (χ4n) is 2.23. The number of rotatable bonds is 8. The number of carbonyl (C=O) groups is 1. The number of halogens is 1. The third-order valence-electron chi connectivity index (χ3n) is 3.51. The molecule has 0 fully saturated rings. The van der Waals surface area contributed by atoms with E-state index >= 15 is 0 Å². The smallest absolute Gasteiger partial charge is 0.269 e. The number of ether oxygens (including phenoxy) is 2. The number of nitro groups is 1. The number of carbonyl (C=O) groups excluding carboxylic acids is 1. The Balaban J connectivity index is 1.89. The van der Waals surface area contributed by atoms with Crippen LogP contribution in [0.15, 0.2) is 36.4 Å². The molecule has 0 aliphatic carbocycles. The fourth-order valence-corrected chi connectivity index (χ4v) is 2.52. The minimum atomic E-state index is -0.460. The number of benzene rings is 2.